The van der Waals surface area contributed by atoms with Crippen LogP contribution in [0.4, 0.5) is 0 Å². The molecule has 0 atom stereocenters. The van der Waals surface area contributed by atoms with Crippen molar-refractivity contribution < 1.29 is 9.32 Å². The molecule has 0 spiro atoms. The lowest BCUT2D eigenvalue weighted by Gasteiger charge is -2.11. The molecule has 0 N–H and O–H groups in total. The third-order valence-electron chi connectivity index (χ3n) is 5.01. The first kappa shape index (κ1) is 18.2. The highest BCUT2D eigenvalue weighted by Crippen LogP contribution is 2.41. The molecule has 28 heavy (non-hydrogen) atoms. The molecule has 1 fully saturated rings. The summed E-state index contributed by atoms with van der Waals surface area (Å²) < 4.78 is 5.51. The molecule has 4 nitrogen and oxygen atoms in total. The van der Waals surface area contributed by atoms with Gasteiger partial charge in [-0.1, -0.05) is 37.2 Å². The zero-order chi connectivity index (χ0) is 19.7. The van der Waals surface area contributed by atoms with Crippen molar-refractivity contribution in [1.29, 1.82) is 5.26 Å². The molecule has 0 unspecified atom stereocenters. The van der Waals surface area contributed by atoms with E-state index in [2.05, 4.69) is 11.2 Å². The van der Waals surface area contributed by atoms with Crippen molar-refractivity contribution >= 4 is 5.78 Å². The Hall–Kier alpha value is -3.19. The zero-order valence-electron chi connectivity index (χ0n) is 16.1. The van der Waals surface area contributed by atoms with E-state index < -0.39 is 0 Å². The summed E-state index contributed by atoms with van der Waals surface area (Å²) in [4.78, 5) is 12.8. The van der Waals surface area contributed by atoms with Crippen molar-refractivity contribution in [2.45, 2.75) is 39.0 Å². The summed E-state index contributed by atoms with van der Waals surface area (Å²) in [6.45, 7) is 4.07. The maximum atomic E-state index is 12.8. The van der Waals surface area contributed by atoms with Gasteiger partial charge in [-0.3, -0.25) is 4.79 Å². The molecule has 140 valence electrons. The summed E-state index contributed by atoms with van der Waals surface area (Å²) in [5, 5.41) is 13.7. The number of rotatable bonds is 6. The number of ketones is 1. The lowest BCUT2D eigenvalue weighted by atomic mass is 9.92. The van der Waals surface area contributed by atoms with E-state index in [0.29, 0.717) is 23.5 Å². The first-order valence-electron chi connectivity index (χ1n) is 9.70. The number of hydrogen-bond donors (Lipinski definition) is 0. The number of aromatic nitrogens is 1. The Kier molecular flexibility index (Phi) is 4.83. The molecule has 4 rings (SSSR count). The number of carbonyl (C=O) groups excluding carboxylic acids is 1. The van der Waals surface area contributed by atoms with Crippen LogP contribution in [-0.4, -0.2) is 10.9 Å². The lowest BCUT2D eigenvalue weighted by Crippen LogP contribution is -2.04. The van der Waals surface area contributed by atoms with Gasteiger partial charge in [0, 0.05) is 29.5 Å². The Bertz CT molecular complexity index is 1070. The van der Waals surface area contributed by atoms with Crippen LogP contribution in [0.2, 0.25) is 0 Å². The van der Waals surface area contributed by atoms with Gasteiger partial charge in [0.15, 0.2) is 5.78 Å². The highest BCUT2D eigenvalue weighted by Gasteiger charge is 2.28. The highest BCUT2D eigenvalue weighted by molar-refractivity contribution is 5.99. The van der Waals surface area contributed by atoms with Crippen LogP contribution in [0.5, 0.6) is 0 Å². The van der Waals surface area contributed by atoms with E-state index in [4.69, 9.17) is 4.52 Å². The van der Waals surface area contributed by atoms with Gasteiger partial charge in [-0.05, 0) is 54.2 Å². The van der Waals surface area contributed by atoms with Crippen LogP contribution in [-0.2, 0) is 0 Å². The second-order valence-electron chi connectivity index (χ2n) is 7.87. The van der Waals surface area contributed by atoms with Crippen LogP contribution >= 0.6 is 0 Å². The average molecular weight is 370 g/mol. The molecule has 0 bridgehead atoms. The van der Waals surface area contributed by atoms with Crippen LogP contribution in [0, 0.1) is 17.2 Å². The van der Waals surface area contributed by atoms with Gasteiger partial charge in [-0.2, -0.15) is 5.26 Å². The Morgan fingerprint density at radius 1 is 1.18 bits per heavy atom. The van der Waals surface area contributed by atoms with Crippen molar-refractivity contribution in [3.8, 4) is 28.5 Å². The fourth-order valence-electron chi connectivity index (χ4n) is 3.40. The van der Waals surface area contributed by atoms with Crippen LogP contribution in [0.25, 0.3) is 22.4 Å². The van der Waals surface area contributed by atoms with Crippen molar-refractivity contribution in [1.82, 2.24) is 5.16 Å². The van der Waals surface area contributed by atoms with E-state index in [1.54, 1.807) is 6.07 Å². The second kappa shape index (κ2) is 7.44. The van der Waals surface area contributed by atoms with E-state index in [9.17, 15) is 10.1 Å². The molecule has 1 heterocycles. The van der Waals surface area contributed by atoms with Crippen LogP contribution in [0.3, 0.4) is 0 Å². The lowest BCUT2D eigenvalue weighted by molar-refractivity contribution is 0.0968. The van der Waals surface area contributed by atoms with E-state index in [-0.39, 0.29) is 11.7 Å². The van der Waals surface area contributed by atoms with Crippen molar-refractivity contribution in [3.63, 3.8) is 0 Å². The third-order valence-corrected chi connectivity index (χ3v) is 5.01. The normalized spacial score (nSPS) is 13.5. The number of Topliss-reactive ketones (excluding diaryl/α,β-unsaturated/α-hetero) is 1. The molecular weight excluding hydrogens is 348 g/mol. The molecule has 1 saturated carbocycles. The number of benzene rings is 2. The minimum atomic E-state index is 0.0958. The standard InChI is InChI=1S/C24H22N2O2/c1-15(2)9-23(27)20-11-18(21-6-4-3-5-17(21)14-25)10-19(12-20)22-13-24(28-26-22)16-7-8-16/h3-6,10-13,15-16H,7-9H2,1-2H3. The quantitative estimate of drug-likeness (QED) is 0.500. The second-order valence-corrected chi connectivity index (χ2v) is 7.87. The average Bonchev–Trinajstić information content (AvgIpc) is 3.43. The Morgan fingerprint density at radius 2 is 1.93 bits per heavy atom. The summed E-state index contributed by atoms with van der Waals surface area (Å²) in [5.74, 6) is 1.76. The first-order valence-corrected chi connectivity index (χ1v) is 9.70. The molecule has 0 radical (unpaired) electrons. The third kappa shape index (κ3) is 3.75. The topological polar surface area (TPSA) is 66.9 Å². The Labute approximate surface area is 164 Å². The Balaban J connectivity index is 1.83. The van der Waals surface area contributed by atoms with E-state index in [1.165, 1.54) is 0 Å². The summed E-state index contributed by atoms with van der Waals surface area (Å²) in [7, 11) is 0. The molecule has 0 amide bonds. The Morgan fingerprint density at radius 3 is 2.64 bits per heavy atom. The predicted molar refractivity (Wildman–Crippen MR) is 108 cm³/mol. The molecule has 1 aromatic heterocycles. The van der Waals surface area contributed by atoms with Gasteiger partial charge in [-0.15, -0.1) is 0 Å². The summed E-state index contributed by atoms with van der Waals surface area (Å²) in [5.41, 5.74) is 4.46. The molecule has 2 aromatic carbocycles. The number of nitrogens with zero attached hydrogens (tertiary/aromatic N) is 2. The first-order chi connectivity index (χ1) is 13.5. The number of hydrogen-bond acceptors (Lipinski definition) is 4. The van der Waals surface area contributed by atoms with Gasteiger partial charge >= 0.3 is 0 Å². The van der Waals surface area contributed by atoms with E-state index in [1.807, 2.05) is 56.3 Å². The minimum absolute atomic E-state index is 0.0958. The fraction of sp³-hybridized carbons (Fsp3) is 0.292. The van der Waals surface area contributed by atoms with Gasteiger partial charge in [0.05, 0.1) is 11.6 Å². The largest absolute Gasteiger partial charge is 0.360 e. The van der Waals surface area contributed by atoms with Gasteiger partial charge in [-0.25, -0.2) is 0 Å². The number of carbonyl (C=O) groups is 1. The van der Waals surface area contributed by atoms with Gasteiger partial charge < -0.3 is 4.52 Å². The maximum absolute atomic E-state index is 12.8. The minimum Gasteiger partial charge on any atom is -0.360 e. The molecule has 4 heteroatoms. The predicted octanol–water partition coefficient (Wildman–Crippen LogP) is 5.99. The van der Waals surface area contributed by atoms with Crippen LogP contribution < -0.4 is 0 Å². The summed E-state index contributed by atoms with van der Waals surface area (Å²) in [6, 6.07) is 17.4. The summed E-state index contributed by atoms with van der Waals surface area (Å²) >= 11 is 0. The molecular formula is C24H22N2O2. The van der Waals surface area contributed by atoms with Crippen LogP contribution in [0.1, 0.15) is 60.7 Å². The van der Waals surface area contributed by atoms with Crippen molar-refractivity contribution in [2.75, 3.05) is 0 Å². The molecule has 1 aliphatic carbocycles. The number of nitriles is 1. The van der Waals surface area contributed by atoms with E-state index in [0.717, 1.165) is 41.0 Å². The van der Waals surface area contributed by atoms with Gasteiger partial charge in [0.1, 0.15) is 11.5 Å². The van der Waals surface area contributed by atoms with Gasteiger partial charge in [0.25, 0.3) is 0 Å². The molecule has 0 saturated heterocycles. The SMILES string of the molecule is CC(C)CC(=O)c1cc(-c2cc(C3CC3)on2)cc(-c2ccccc2C#N)c1. The zero-order valence-corrected chi connectivity index (χ0v) is 16.1. The molecule has 3 aromatic rings. The van der Waals surface area contributed by atoms with Crippen molar-refractivity contribution in [2.24, 2.45) is 5.92 Å². The molecule has 0 aliphatic heterocycles. The maximum Gasteiger partial charge on any atom is 0.163 e. The van der Waals surface area contributed by atoms with Crippen molar-refractivity contribution in [3.05, 3.63) is 65.4 Å². The smallest absolute Gasteiger partial charge is 0.163 e. The molecule has 1 aliphatic rings. The fourth-order valence-corrected chi connectivity index (χ4v) is 3.40. The monoisotopic (exact) mass is 370 g/mol. The van der Waals surface area contributed by atoms with Gasteiger partial charge in [0.2, 0.25) is 0 Å². The highest BCUT2D eigenvalue weighted by atomic mass is 16.5. The van der Waals surface area contributed by atoms with Crippen LogP contribution in [0.15, 0.2) is 53.1 Å². The van der Waals surface area contributed by atoms with E-state index >= 15 is 0 Å². The summed E-state index contributed by atoms with van der Waals surface area (Å²) in [6.07, 6.45) is 2.76.